The van der Waals surface area contributed by atoms with E-state index in [-0.39, 0.29) is 5.92 Å². The third-order valence-corrected chi connectivity index (χ3v) is 4.35. The van der Waals surface area contributed by atoms with Gasteiger partial charge in [0, 0.05) is 17.6 Å². The van der Waals surface area contributed by atoms with Crippen molar-refractivity contribution in [3.8, 4) is 0 Å². The van der Waals surface area contributed by atoms with Gasteiger partial charge in [-0.2, -0.15) is 0 Å². The molecular weight excluding hydrogens is 306 g/mol. The van der Waals surface area contributed by atoms with Crippen LogP contribution in [0, 0.1) is 18.8 Å². The van der Waals surface area contributed by atoms with Crippen LogP contribution in [0.4, 0.5) is 0 Å². The van der Waals surface area contributed by atoms with Crippen LogP contribution in [0.1, 0.15) is 17.5 Å². The van der Waals surface area contributed by atoms with E-state index in [2.05, 4.69) is 53.0 Å². The Morgan fingerprint density at radius 2 is 2.26 bits per heavy atom. The molecule has 2 atom stereocenters. The van der Waals surface area contributed by atoms with Crippen LogP contribution < -0.4 is 0 Å². The molecule has 2 unspecified atom stereocenters. The van der Waals surface area contributed by atoms with Crippen molar-refractivity contribution in [2.45, 2.75) is 19.8 Å². The average Bonchev–Trinajstić information content (AvgIpc) is 3.10. The fraction of sp³-hybridized carbons (Fsp3) is 0.533. The maximum Gasteiger partial charge on any atom is 0.306 e. The van der Waals surface area contributed by atoms with Gasteiger partial charge >= 0.3 is 5.97 Å². The van der Waals surface area contributed by atoms with Gasteiger partial charge in [0.1, 0.15) is 0 Å². The lowest BCUT2D eigenvalue weighted by atomic mass is 10.1. The smallest absolute Gasteiger partial charge is 0.306 e. The van der Waals surface area contributed by atoms with E-state index in [1.807, 2.05) is 0 Å². The third-order valence-electron chi connectivity index (χ3n) is 3.86. The van der Waals surface area contributed by atoms with Gasteiger partial charge in [-0.25, -0.2) is 0 Å². The highest BCUT2D eigenvalue weighted by Crippen LogP contribution is 2.38. The van der Waals surface area contributed by atoms with Crippen molar-refractivity contribution in [1.29, 1.82) is 0 Å². The van der Waals surface area contributed by atoms with Crippen LogP contribution in [0.5, 0.6) is 0 Å². The van der Waals surface area contributed by atoms with Gasteiger partial charge < -0.3 is 10.0 Å². The number of hydrogen-bond acceptors (Lipinski definition) is 2. The number of carboxylic acids is 1. The number of carboxylic acid groups (broad SMARTS) is 1. The van der Waals surface area contributed by atoms with Crippen LogP contribution in [0.15, 0.2) is 22.7 Å². The van der Waals surface area contributed by atoms with Crippen LogP contribution in [0.3, 0.4) is 0 Å². The molecule has 104 valence electrons. The Labute approximate surface area is 122 Å². The minimum absolute atomic E-state index is 0.102. The van der Waals surface area contributed by atoms with Gasteiger partial charge in [0.05, 0.1) is 5.92 Å². The number of halogens is 1. The minimum Gasteiger partial charge on any atom is -0.481 e. The molecule has 0 spiro atoms. The molecule has 1 aliphatic rings. The van der Waals surface area contributed by atoms with E-state index in [1.54, 1.807) is 0 Å². The van der Waals surface area contributed by atoms with Gasteiger partial charge in [-0.3, -0.25) is 4.79 Å². The first kappa shape index (κ1) is 14.5. The fourth-order valence-electron chi connectivity index (χ4n) is 2.46. The van der Waals surface area contributed by atoms with Crippen LogP contribution in [-0.4, -0.2) is 36.1 Å². The predicted molar refractivity (Wildman–Crippen MR) is 79.3 cm³/mol. The molecule has 0 amide bonds. The molecule has 1 saturated carbocycles. The van der Waals surface area contributed by atoms with Gasteiger partial charge in [-0.1, -0.05) is 22.0 Å². The standard InChI is InChI=1S/C15H20BrNO2/c1-10-3-4-13(16)7-11(10)5-6-17(2)9-12-8-14(12)15(18)19/h3-4,7,12,14H,5-6,8-9H2,1-2H3,(H,18,19). The molecule has 0 heterocycles. The molecule has 0 saturated heterocycles. The van der Waals surface area contributed by atoms with Crippen molar-refractivity contribution in [3.05, 3.63) is 33.8 Å². The number of benzene rings is 1. The van der Waals surface area contributed by atoms with Gasteiger partial charge in [-0.15, -0.1) is 0 Å². The number of hydrogen-bond donors (Lipinski definition) is 1. The van der Waals surface area contributed by atoms with E-state index in [4.69, 9.17) is 5.11 Å². The van der Waals surface area contributed by atoms with Crippen molar-refractivity contribution in [3.63, 3.8) is 0 Å². The number of aliphatic carboxylic acids is 1. The van der Waals surface area contributed by atoms with E-state index in [0.29, 0.717) is 5.92 Å². The van der Waals surface area contributed by atoms with Crippen LogP contribution in [-0.2, 0) is 11.2 Å². The lowest BCUT2D eigenvalue weighted by Crippen LogP contribution is -2.25. The molecule has 0 bridgehead atoms. The molecule has 0 aromatic heterocycles. The average molecular weight is 326 g/mol. The van der Waals surface area contributed by atoms with E-state index >= 15 is 0 Å². The quantitative estimate of drug-likeness (QED) is 0.874. The summed E-state index contributed by atoms with van der Waals surface area (Å²) in [6.45, 7) is 3.99. The van der Waals surface area contributed by atoms with Crippen LogP contribution in [0.25, 0.3) is 0 Å². The predicted octanol–water partition coefficient (Wildman–Crippen LogP) is 2.95. The molecule has 2 rings (SSSR count). The number of likely N-dealkylation sites (N-methyl/N-ethyl adjacent to an activating group) is 1. The second-order valence-electron chi connectivity index (χ2n) is 5.52. The number of carbonyl (C=O) groups is 1. The van der Waals surface area contributed by atoms with E-state index in [0.717, 1.165) is 30.4 Å². The van der Waals surface area contributed by atoms with E-state index in [1.165, 1.54) is 11.1 Å². The molecule has 1 aromatic rings. The second kappa shape index (κ2) is 6.06. The molecular formula is C15H20BrNO2. The first-order valence-corrected chi connectivity index (χ1v) is 7.43. The minimum atomic E-state index is -0.638. The monoisotopic (exact) mass is 325 g/mol. The Balaban J connectivity index is 1.79. The summed E-state index contributed by atoms with van der Waals surface area (Å²) >= 11 is 3.50. The first-order valence-electron chi connectivity index (χ1n) is 6.63. The highest BCUT2D eigenvalue weighted by atomic mass is 79.9. The van der Waals surface area contributed by atoms with Crippen LogP contribution >= 0.6 is 15.9 Å². The summed E-state index contributed by atoms with van der Waals surface area (Å²) in [7, 11) is 2.07. The van der Waals surface area contributed by atoms with Crippen molar-refractivity contribution < 1.29 is 9.90 Å². The Kier molecular flexibility index (Phi) is 4.63. The molecule has 0 aliphatic heterocycles. The normalized spacial score (nSPS) is 21.7. The van der Waals surface area contributed by atoms with E-state index < -0.39 is 5.97 Å². The van der Waals surface area contributed by atoms with Gasteiger partial charge in [0.25, 0.3) is 0 Å². The zero-order valence-electron chi connectivity index (χ0n) is 11.4. The summed E-state index contributed by atoms with van der Waals surface area (Å²) in [5, 5.41) is 8.89. The lowest BCUT2D eigenvalue weighted by molar-refractivity contribution is -0.138. The Bertz CT molecular complexity index is 475. The van der Waals surface area contributed by atoms with Crippen molar-refractivity contribution >= 4 is 21.9 Å². The lowest BCUT2D eigenvalue weighted by Gasteiger charge is -2.17. The van der Waals surface area contributed by atoms with E-state index in [9.17, 15) is 4.79 Å². The van der Waals surface area contributed by atoms with Gasteiger partial charge in [0.15, 0.2) is 0 Å². The highest BCUT2D eigenvalue weighted by Gasteiger charge is 2.43. The Hall–Kier alpha value is -0.870. The molecule has 19 heavy (non-hydrogen) atoms. The SMILES string of the molecule is Cc1ccc(Br)cc1CCN(C)CC1CC1C(=O)O. The summed E-state index contributed by atoms with van der Waals surface area (Å²) in [5.41, 5.74) is 2.67. The molecule has 4 heteroatoms. The fourth-order valence-corrected chi connectivity index (χ4v) is 2.87. The largest absolute Gasteiger partial charge is 0.481 e. The van der Waals surface area contributed by atoms with Crippen molar-refractivity contribution in [2.24, 2.45) is 11.8 Å². The molecule has 1 fully saturated rings. The molecule has 0 radical (unpaired) electrons. The summed E-state index contributed by atoms with van der Waals surface area (Å²) in [5.74, 6) is -0.387. The molecule has 1 aromatic carbocycles. The maximum atomic E-state index is 10.8. The zero-order chi connectivity index (χ0) is 14.0. The summed E-state index contributed by atoms with van der Waals surface area (Å²) in [6.07, 6.45) is 1.85. The Morgan fingerprint density at radius 1 is 1.53 bits per heavy atom. The molecule has 3 nitrogen and oxygen atoms in total. The number of aryl methyl sites for hydroxylation is 1. The Morgan fingerprint density at radius 3 is 2.89 bits per heavy atom. The van der Waals surface area contributed by atoms with Crippen molar-refractivity contribution in [2.75, 3.05) is 20.1 Å². The molecule has 1 aliphatic carbocycles. The topological polar surface area (TPSA) is 40.5 Å². The highest BCUT2D eigenvalue weighted by molar-refractivity contribution is 9.10. The summed E-state index contributed by atoms with van der Waals surface area (Å²) < 4.78 is 1.11. The number of rotatable bonds is 6. The third kappa shape index (κ3) is 4.05. The van der Waals surface area contributed by atoms with Gasteiger partial charge in [0.2, 0.25) is 0 Å². The summed E-state index contributed by atoms with van der Waals surface area (Å²) in [6, 6.07) is 6.35. The summed E-state index contributed by atoms with van der Waals surface area (Å²) in [4.78, 5) is 13.0. The second-order valence-corrected chi connectivity index (χ2v) is 6.44. The van der Waals surface area contributed by atoms with Gasteiger partial charge in [-0.05, 0) is 56.0 Å². The zero-order valence-corrected chi connectivity index (χ0v) is 13.0. The molecule has 1 N–H and O–H groups in total. The number of nitrogens with zero attached hydrogens (tertiary/aromatic N) is 1. The van der Waals surface area contributed by atoms with Crippen LogP contribution in [0.2, 0.25) is 0 Å². The maximum absolute atomic E-state index is 10.8. The van der Waals surface area contributed by atoms with Crippen molar-refractivity contribution in [1.82, 2.24) is 4.90 Å². The first-order chi connectivity index (χ1) is 8.97.